The van der Waals surface area contributed by atoms with Crippen molar-refractivity contribution in [3.63, 3.8) is 0 Å². The molecule has 1 N–H and O–H groups in total. The molecule has 1 amide bonds. The van der Waals surface area contributed by atoms with Gasteiger partial charge in [-0.3, -0.25) is 4.79 Å². The van der Waals surface area contributed by atoms with Gasteiger partial charge in [0.15, 0.2) is 0 Å². The molecule has 2 heterocycles. The van der Waals surface area contributed by atoms with Crippen LogP contribution in [0, 0.1) is 0 Å². The van der Waals surface area contributed by atoms with Gasteiger partial charge >= 0.3 is 0 Å². The Labute approximate surface area is 170 Å². The first kappa shape index (κ1) is 21.3. The molecule has 1 aromatic carbocycles. The van der Waals surface area contributed by atoms with Crippen LogP contribution in [-0.2, 0) is 19.6 Å². The largest absolute Gasteiger partial charge is 0.495 e. The van der Waals surface area contributed by atoms with Gasteiger partial charge in [-0.2, -0.15) is 4.31 Å². The molecule has 0 aromatic heterocycles. The van der Waals surface area contributed by atoms with Crippen LogP contribution in [-0.4, -0.2) is 82.6 Å². The van der Waals surface area contributed by atoms with Gasteiger partial charge in [0, 0.05) is 44.4 Å². The lowest BCUT2D eigenvalue weighted by atomic mass is 10.2. The summed E-state index contributed by atoms with van der Waals surface area (Å²) in [6.07, 6.45) is 1.42. The fourth-order valence-corrected chi connectivity index (χ4v) is 5.26. The second kappa shape index (κ2) is 9.41. The number of sulfonamides is 1. The number of halogens is 1. The van der Waals surface area contributed by atoms with E-state index in [4.69, 9.17) is 21.1 Å². The van der Waals surface area contributed by atoms with Crippen molar-refractivity contribution >= 4 is 27.5 Å². The third kappa shape index (κ3) is 4.96. The Hall–Kier alpha value is -1.39. The quantitative estimate of drug-likeness (QED) is 0.691. The molecule has 2 saturated heterocycles. The number of hydrogen-bond donors (Lipinski definition) is 1. The van der Waals surface area contributed by atoms with Gasteiger partial charge in [0.05, 0.1) is 19.8 Å². The maximum Gasteiger partial charge on any atom is 0.247 e. The summed E-state index contributed by atoms with van der Waals surface area (Å²) in [6, 6.07) is 4.43. The van der Waals surface area contributed by atoms with Crippen molar-refractivity contribution in [3.05, 3.63) is 23.2 Å². The van der Waals surface area contributed by atoms with Crippen molar-refractivity contribution in [3.8, 4) is 5.75 Å². The number of rotatable bonds is 7. The number of benzene rings is 1. The molecule has 0 aliphatic carbocycles. The third-order valence-corrected chi connectivity index (χ3v) is 7.02. The lowest BCUT2D eigenvalue weighted by Gasteiger charge is -2.31. The van der Waals surface area contributed by atoms with Crippen LogP contribution < -0.4 is 10.1 Å². The SMILES string of the molecule is COc1ccc(Cl)cc1S(=O)(=O)N(CC(=O)N1CCNCC1)C[C@@H]1CCCO1. The van der Waals surface area contributed by atoms with Gasteiger partial charge in [0.1, 0.15) is 10.6 Å². The van der Waals surface area contributed by atoms with Gasteiger partial charge in [-0.25, -0.2) is 8.42 Å². The summed E-state index contributed by atoms with van der Waals surface area (Å²) in [7, 11) is -2.61. The van der Waals surface area contributed by atoms with E-state index < -0.39 is 10.0 Å². The van der Waals surface area contributed by atoms with E-state index in [9.17, 15) is 13.2 Å². The number of nitrogens with zero attached hydrogens (tertiary/aromatic N) is 2. The van der Waals surface area contributed by atoms with Crippen molar-refractivity contribution in [1.29, 1.82) is 0 Å². The number of methoxy groups -OCH3 is 1. The maximum absolute atomic E-state index is 13.4. The predicted molar refractivity (Wildman–Crippen MR) is 105 cm³/mol. The van der Waals surface area contributed by atoms with Gasteiger partial charge in [-0.05, 0) is 31.0 Å². The van der Waals surface area contributed by atoms with E-state index in [1.54, 1.807) is 11.0 Å². The topological polar surface area (TPSA) is 88.2 Å². The molecule has 28 heavy (non-hydrogen) atoms. The van der Waals surface area contributed by atoms with E-state index >= 15 is 0 Å². The lowest BCUT2D eigenvalue weighted by Crippen LogP contribution is -2.51. The van der Waals surface area contributed by atoms with Crippen molar-refractivity contribution in [2.24, 2.45) is 0 Å². The number of ether oxygens (including phenoxy) is 2. The van der Waals surface area contributed by atoms with Gasteiger partial charge in [0.2, 0.25) is 15.9 Å². The van der Waals surface area contributed by atoms with Gasteiger partial charge in [-0.15, -0.1) is 0 Å². The fourth-order valence-electron chi connectivity index (χ4n) is 3.42. The zero-order valence-electron chi connectivity index (χ0n) is 15.9. The Balaban J connectivity index is 1.88. The smallest absolute Gasteiger partial charge is 0.247 e. The molecule has 2 fully saturated rings. The van der Waals surface area contributed by atoms with Crippen LogP contribution in [0.4, 0.5) is 0 Å². The van der Waals surface area contributed by atoms with E-state index in [2.05, 4.69) is 5.32 Å². The Kier molecular flexibility index (Phi) is 7.16. The van der Waals surface area contributed by atoms with E-state index in [0.29, 0.717) is 32.8 Å². The maximum atomic E-state index is 13.4. The zero-order valence-corrected chi connectivity index (χ0v) is 17.5. The average molecular weight is 432 g/mol. The van der Waals surface area contributed by atoms with Crippen molar-refractivity contribution in [1.82, 2.24) is 14.5 Å². The van der Waals surface area contributed by atoms with Crippen LogP contribution in [0.5, 0.6) is 5.75 Å². The first-order chi connectivity index (χ1) is 13.4. The van der Waals surface area contributed by atoms with Crippen molar-refractivity contribution in [2.45, 2.75) is 23.8 Å². The highest BCUT2D eigenvalue weighted by Gasteiger charge is 2.34. The van der Waals surface area contributed by atoms with E-state index in [-0.39, 0.29) is 40.8 Å². The molecular formula is C18H26ClN3O5S. The average Bonchev–Trinajstić information content (AvgIpc) is 3.21. The normalized spacial score (nSPS) is 20.5. The first-order valence-corrected chi connectivity index (χ1v) is 11.2. The first-order valence-electron chi connectivity index (χ1n) is 9.35. The van der Waals surface area contributed by atoms with E-state index in [0.717, 1.165) is 12.8 Å². The zero-order chi connectivity index (χ0) is 20.1. The summed E-state index contributed by atoms with van der Waals surface area (Å²) < 4.78 is 38.9. The molecule has 2 aliphatic heterocycles. The second-order valence-electron chi connectivity index (χ2n) is 6.86. The Morgan fingerprint density at radius 1 is 1.39 bits per heavy atom. The summed E-state index contributed by atoms with van der Waals surface area (Å²) >= 11 is 6.04. The molecule has 0 saturated carbocycles. The van der Waals surface area contributed by atoms with Gasteiger partial charge in [0.25, 0.3) is 0 Å². The van der Waals surface area contributed by atoms with Crippen LogP contribution >= 0.6 is 11.6 Å². The summed E-state index contributed by atoms with van der Waals surface area (Å²) in [6.45, 7) is 3.01. The monoisotopic (exact) mass is 431 g/mol. The lowest BCUT2D eigenvalue weighted by molar-refractivity contribution is -0.132. The highest BCUT2D eigenvalue weighted by atomic mass is 35.5. The Morgan fingerprint density at radius 3 is 2.79 bits per heavy atom. The standard InChI is InChI=1S/C18H26ClN3O5S/c1-26-16-5-4-14(19)11-17(16)28(24,25)22(12-15-3-2-10-27-15)13-18(23)21-8-6-20-7-9-21/h4-5,11,15,20H,2-3,6-10,12-13H2,1H3/t15-/m0/s1. The molecular weight excluding hydrogens is 406 g/mol. The summed E-state index contributed by atoms with van der Waals surface area (Å²) in [4.78, 5) is 14.4. The minimum atomic E-state index is -4.01. The van der Waals surface area contributed by atoms with Crippen LogP contribution in [0.1, 0.15) is 12.8 Å². The Bertz CT molecular complexity index is 792. The molecule has 2 aliphatic rings. The predicted octanol–water partition coefficient (Wildman–Crippen LogP) is 0.950. The molecule has 3 rings (SSSR count). The minimum Gasteiger partial charge on any atom is -0.495 e. The number of amides is 1. The number of hydrogen-bond acceptors (Lipinski definition) is 6. The van der Waals surface area contributed by atoms with Crippen LogP contribution in [0.15, 0.2) is 23.1 Å². The van der Waals surface area contributed by atoms with Crippen LogP contribution in [0.25, 0.3) is 0 Å². The molecule has 0 spiro atoms. The van der Waals surface area contributed by atoms with E-state index in [1.807, 2.05) is 0 Å². The highest BCUT2D eigenvalue weighted by Crippen LogP contribution is 2.30. The number of nitrogens with one attached hydrogen (secondary N) is 1. The second-order valence-corrected chi connectivity index (χ2v) is 9.20. The number of carbonyl (C=O) groups is 1. The molecule has 0 radical (unpaired) electrons. The molecule has 156 valence electrons. The van der Waals surface area contributed by atoms with Crippen molar-refractivity contribution in [2.75, 3.05) is 53.0 Å². The number of piperazine rings is 1. The molecule has 1 aromatic rings. The molecule has 8 nitrogen and oxygen atoms in total. The minimum absolute atomic E-state index is 0.0476. The fraction of sp³-hybridized carbons (Fsp3) is 0.611. The highest BCUT2D eigenvalue weighted by molar-refractivity contribution is 7.89. The Morgan fingerprint density at radius 2 is 2.14 bits per heavy atom. The summed E-state index contributed by atoms with van der Waals surface area (Å²) in [5.74, 6) is -0.0274. The molecule has 1 atom stereocenters. The van der Waals surface area contributed by atoms with Crippen LogP contribution in [0.2, 0.25) is 5.02 Å². The van der Waals surface area contributed by atoms with Gasteiger partial charge < -0.3 is 19.7 Å². The number of carbonyl (C=O) groups excluding carboxylic acids is 1. The molecule has 0 unspecified atom stereocenters. The summed E-state index contributed by atoms with van der Waals surface area (Å²) in [5.41, 5.74) is 0. The van der Waals surface area contributed by atoms with Gasteiger partial charge in [-0.1, -0.05) is 11.6 Å². The molecule has 0 bridgehead atoms. The third-order valence-electron chi connectivity index (χ3n) is 4.96. The van der Waals surface area contributed by atoms with E-state index in [1.165, 1.54) is 23.5 Å². The molecule has 10 heteroatoms. The summed E-state index contributed by atoms with van der Waals surface area (Å²) in [5, 5.41) is 3.46. The van der Waals surface area contributed by atoms with Crippen LogP contribution in [0.3, 0.4) is 0 Å². The van der Waals surface area contributed by atoms with Crippen molar-refractivity contribution < 1.29 is 22.7 Å².